The maximum atomic E-state index is 12.9. The molecule has 2 saturated heterocycles. The van der Waals surface area contributed by atoms with Crippen molar-refractivity contribution in [3.63, 3.8) is 0 Å². The summed E-state index contributed by atoms with van der Waals surface area (Å²) in [6, 6.07) is 5.97. The lowest BCUT2D eigenvalue weighted by molar-refractivity contribution is -0.134. The molecule has 0 unspecified atom stereocenters. The highest BCUT2D eigenvalue weighted by Crippen LogP contribution is 2.31. The molecule has 2 atom stereocenters. The summed E-state index contributed by atoms with van der Waals surface area (Å²) in [6.45, 7) is 1.37. The number of hydrogen-bond donors (Lipinski definition) is 2. The number of nitrogens with zero attached hydrogens (tertiary/aromatic N) is 1. The molecular formula is C16H21FN2O2S. The van der Waals surface area contributed by atoms with Crippen molar-refractivity contribution in [3.05, 3.63) is 35.6 Å². The first-order valence-corrected chi connectivity index (χ1v) is 8.84. The van der Waals surface area contributed by atoms with Crippen LogP contribution in [0.25, 0.3) is 0 Å². The fourth-order valence-corrected chi connectivity index (χ4v) is 4.07. The van der Waals surface area contributed by atoms with E-state index < -0.39 is 6.10 Å². The number of piperidine rings is 1. The van der Waals surface area contributed by atoms with Crippen molar-refractivity contribution >= 4 is 17.7 Å². The second kappa shape index (κ2) is 6.98. The maximum absolute atomic E-state index is 12.9. The number of carbonyl (C=O) groups is 1. The maximum Gasteiger partial charge on any atom is 0.240 e. The average molecular weight is 324 g/mol. The monoisotopic (exact) mass is 324 g/mol. The molecule has 0 radical (unpaired) electrons. The molecule has 120 valence electrons. The van der Waals surface area contributed by atoms with E-state index in [1.165, 1.54) is 12.1 Å². The minimum atomic E-state index is -0.585. The van der Waals surface area contributed by atoms with Gasteiger partial charge in [0.15, 0.2) is 0 Å². The SMILES string of the molecule is O=C([C@H]1CSCN1)N1CCC([C@H](O)c2ccc(F)cc2)CC1. The van der Waals surface area contributed by atoms with Gasteiger partial charge >= 0.3 is 0 Å². The van der Waals surface area contributed by atoms with E-state index in [1.807, 2.05) is 4.90 Å². The lowest BCUT2D eigenvalue weighted by Crippen LogP contribution is -2.48. The van der Waals surface area contributed by atoms with Crippen LogP contribution in [0.3, 0.4) is 0 Å². The van der Waals surface area contributed by atoms with Crippen molar-refractivity contribution in [1.29, 1.82) is 0 Å². The van der Waals surface area contributed by atoms with E-state index in [9.17, 15) is 14.3 Å². The Morgan fingerprint density at radius 3 is 2.59 bits per heavy atom. The van der Waals surface area contributed by atoms with Gasteiger partial charge in [0.25, 0.3) is 0 Å². The fourth-order valence-electron chi connectivity index (χ4n) is 3.14. The number of carbonyl (C=O) groups excluding carboxylic acids is 1. The van der Waals surface area contributed by atoms with Crippen LogP contribution in [-0.2, 0) is 4.79 Å². The molecule has 2 aliphatic heterocycles. The lowest BCUT2D eigenvalue weighted by atomic mass is 9.87. The summed E-state index contributed by atoms with van der Waals surface area (Å²) in [6.07, 6.45) is 0.979. The van der Waals surface area contributed by atoms with Gasteiger partial charge in [0.05, 0.1) is 12.1 Å². The number of thioether (sulfide) groups is 1. The Morgan fingerprint density at radius 1 is 1.32 bits per heavy atom. The molecule has 22 heavy (non-hydrogen) atoms. The lowest BCUT2D eigenvalue weighted by Gasteiger charge is -2.35. The summed E-state index contributed by atoms with van der Waals surface area (Å²) >= 11 is 1.75. The van der Waals surface area contributed by atoms with Crippen molar-refractivity contribution in [1.82, 2.24) is 10.2 Å². The summed E-state index contributed by atoms with van der Waals surface area (Å²) in [5, 5.41) is 13.6. The molecule has 0 saturated carbocycles. The molecule has 4 nitrogen and oxygen atoms in total. The van der Waals surface area contributed by atoms with Gasteiger partial charge in [-0.2, -0.15) is 0 Å². The Balaban J connectivity index is 1.54. The quantitative estimate of drug-likeness (QED) is 0.890. The summed E-state index contributed by atoms with van der Waals surface area (Å²) in [5.41, 5.74) is 0.750. The van der Waals surface area contributed by atoms with Crippen molar-refractivity contribution < 1.29 is 14.3 Å². The standard InChI is InChI=1S/C16H21FN2O2S/c17-13-3-1-11(2-4-13)15(20)12-5-7-19(8-6-12)16(21)14-9-22-10-18-14/h1-4,12,14-15,18,20H,5-10H2/t14-,15-/m1/s1. The van der Waals surface area contributed by atoms with E-state index in [-0.39, 0.29) is 23.7 Å². The van der Waals surface area contributed by atoms with E-state index in [1.54, 1.807) is 23.9 Å². The van der Waals surface area contributed by atoms with Gasteiger partial charge in [-0.25, -0.2) is 4.39 Å². The van der Waals surface area contributed by atoms with E-state index in [4.69, 9.17) is 0 Å². The second-order valence-electron chi connectivity index (χ2n) is 5.93. The molecule has 2 fully saturated rings. The van der Waals surface area contributed by atoms with Gasteiger partial charge in [0.2, 0.25) is 5.91 Å². The largest absolute Gasteiger partial charge is 0.388 e. The van der Waals surface area contributed by atoms with Crippen LogP contribution in [0.5, 0.6) is 0 Å². The van der Waals surface area contributed by atoms with Crippen LogP contribution in [-0.4, -0.2) is 46.7 Å². The first-order valence-electron chi connectivity index (χ1n) is 7.68. The zero-order chi connectivity index (χ0) is 15.5. The average Bonchev–Trinajstić information content (AvgIpc) is 3.09. The van der Waals surface area contributed by atoms with Crippen molar-refractivity contribution in [2.45, 2.75) is 25.0 Å². The van der Waals surface area contributed by atoms with Crippen LogP contribution in [0.2, 0.25) is 0 Å². The number of nitrogens with one attached hydrogen (secondary N) is 1. The predicted molar refractivity (Wildman–Crippen MR) is 84.9 cm³/mol. The highest BCUT2D eigenvalue weighted by molar-refractivity contribution is 7.99. The van der Waals surface area contributed by atoms with Crippen molar-refractivity contribution in [2.75, 3.05) is 24.7 Å². The van der Waals surface area contributed by atoms with Crippen molar-refractivity contribution in [3.8, 4) is 0 Å². The minimum absolute atomic E-state index is 0.0522. The second-order valence-corrected chi connectivity index (χ2v) is 6.96. The Bertz CT molecular complexity index is 511. The zero-order valence-electron chi connectivity index (χ0n) is 12.4. The van der Waals surface area contributed by atoms with Gasteiger partial charge in [-0.05, 0) is 36.5 Å². The van der Waals surface area contributed by atoms with Gasteiger partial charge in [0.1, 0.15) is 5.82 Å². The first-order chi connectivity index (χ1) is 10.6. The van der Waals surface area contributed by atoms with Crippen LogP contribution in [0.4, 0.5) is 4.39 Å². The van der Waals surface area contributed by atoms with Crippen molar-refractivity contribution in [2.24, 2.45) is 5.92 Å². The minimum Gasteiger partial charge on any atom is -0.388 e. The first kappa shape index (κ1) is 15.8. The number of amides is 1. The third-order valence-corrected chi connectivity index (χ3v) is 5.46. The Labute approximate surface area is 134 Å². The highest BCUT2D eigenvalue weighted by atomic mass is 32.2. The number of aliphatic hydroxyl groups is 1. The van der Waals surface area contributed by atoms with Gasteiger partial charge in [-0.15, -0.1) is 11.8 Å². The fraction of sp³-hybridized carbons (Fsp3) is 0.562. The molecule has 1 amide bonds. The number of benzene rings is 1. The van der Waals surface area contributed by atoms with Crippen LogP contribution >= 0.6 is 11.8 Å². The molecule has 0 bridgehead atoms. The highest BCUT2D eigenvalue weighted by Gasteiger charge is 2.32. The van der Waals surface area contributed by atoms with E-state index >= 15 is 0 Å². The number of aliphatic hydroxyl groups excluding tert-OH is 1. The predicted octanol–water partition coefficient (Wildman–Crippen LogP) is 1.76. The molecule has 1 aromatic rings. The normalized spacial score (nSPS) is 24.5. The van der Waals surface area contributed by atoms with Crippen LogP contribution in [0.1, 0.15) is 24.5 Å². The number of halogens is 1. The van der Waals surface area contributed by atoms with Crippen LogP contribution in [0.15, 0.2) is 24.3 Å². The van der Waals surface area contributed by atoms with E-state index in [2.05, 4.69) is 5.32 Å². The molecule has 3 rings (SSSR count). The molecule has 1 aromatic carbocycles. The topological polar surface area (TPSA) is 52.6 Å². The summed E-state index contributed by atoms with van der Waals surface area (Å²) in [4.78, 5) is 14.2. The van der Waals surface area contributed by atoms with Gasteiger partial charge in [-0.1, -0.05) is 12.1 Å². The third-order valence-electron chi connectivity index (χ3n) is 4.52. The Kier molecular flexibility index (Phi) is 5.00. The van der Waals surface area contributed by atoms with Gasteiger partial charge < -0.3 is 10.0 Å². The van der Waals surface area contributed by atoms with E-state index in [0.717, 1.165) is 30.0 Å². The van der Waals surface area contributed by atoms with Gasteiger partial charge in [-0.3, -0.25) is 10.1 Å². The number of likely N-dealkylation sites (tertiary alicyclic amines) is 1. The Morgan fingerprint density at radius 2 is 2.00 bits per heavy atom. The molecular weight excluding hydrogens is 303 g/mol. The summed E-state index contributed by atoms with van der Waals surface area (Å²) in [7, 11) is 0. The molecule has 2 heterocycles. The molecule has 0 spiro atoms. The van der Waals surface area contributed by atoms with Gasteiger partial charge in [0, 0.05) is 24.7 Å². The Hall–Kier alpha value is -1.11. The van der Waals surface area contributed by atoms with Crippen LogP contribution < -0.4 is 5.32 Å². The molecule has 6 heteroatoms. The van der Waals surface area contributed by atoms with Crippen LogP contribution in [0, 0.1) is 11.7 Å². The smallest absolute Gasteiger partial charge is 0.240 e. The molecule has 0 aliphatic carbocycles. The summed E-state index contributed by atoms with van der Waals surface area (Å²) in [5.74, 6) is 1.70. The molecule has 2 aliphatic rings. The summed E-state index contributed by atoms with van der Waals surface area (Å²) < 4.78 is 12.9. The molecule has 0 aromatic heterocycles. The van der Waals surface area contributed by atoms with E-state index in [0.29, 0.717) is 13.1 Å². The zero-order valence-corrected chi connectivity index (χ0v) is 13.2. The molecule has 2 N–H and O–H groups in total. The third kappa shape index (κ3) is 3.45. The number of rotatable bonds is 3. The number of hydrogen-bond acceptors (Lipinski definition) is 4.